The average molecular weight is 470 g/mol. The molecule has 0 spiro atoms. The second kappa shape index (κ2) is 10.8. The maximum Gasteiger partial charge on any atom is 0.333 e. The summed E-state index contributed by atoms with van der Waals surface area (Å²) in [6.07, 6.45) is -0.587. The Hall–Kier alpha value is -4.23. The van der Waals surface area contributed by atoms with Crippen LogP contribution in [0.5, 0.6) is 0 Å². The molecule has 4 aromatic rings. The van der Waals surface area contributed by atoms with Gasteiger partial charge in [-0.2, -0.15) is 0 Å². The van der Waals surface area contributed by atoms with E-state index in [-0.39, 0.29) is 12.5 Å². The van der Waals surface area contributed by atoms with Crippen LogP contribution in [0.2, 0.25) is 0 Å². The summed E-state index contributed by atoms with van der Waals surface area (Å²) in [5.41, 5.74) is 3.14. The van der Waals surface area contributed by atoms with Crippen molar-refractivity contribution in [3.8, 4) is 11.3 Å². The van der Waals surface area contributed by atoms with Gasteiger partial charge in [-0.1, -0.05) is 60.7 Å². The predicted octanol–water partition coefficient (Wildman–Crippen LogP) is 5.60. The summed E-state index contributed by atoms with van der Waals surface area (Å²) in [7, 11) is 1.67. The number of urea groups is 1. The van der Waals surface area contributed by atoms with Gasteiger partial charge in [0.1, 0.15) is 5.82 Å². The zero-order valence-electron chi connectivity index (χ0n) is 19.6. The third kappa shape index (κ3) is 5.83. The Balaban J connectivity index is 1.46. The number of aliphatic carboxylic acids is 1. The Morgan fingerprint density at radius 3 is 2.43 bits per heavy atom. The number of rotatable bonds is 8. The number of carboxylic acids is 1. The van der Waals surface area contributed by atoms with Gasteiger partial charge in [-0.25, -0.2) is 14.6 Å². The first-order chi connectivity index (χ1) is 16.9. The molecule has 0 saturated heterocycles. The fourth-order valence-corrected chi connectivity index (χ4v) is 3.79. The van der Waals surface area contributed by atoms with Crippen LogP contribution in [-0.2, 0) is 16.0 Å². The fraction of sp³-hybridized carbons (Fsp3) is 0.179. The summed E-state index contributed by atoms with van der Waals surface area (Å²) >= 11 is 0. The molecule has 7 heteroatoms. The summed E-state index contributed by atoms with van der Waals surface area (Å²) in [6, 6.07) is 26.5. The molecular formula is C28H27N3O4. The van der Waals surface area contributed by atoms with E-state index in [9.17, 15) is 14.7 Å². The first-order valence-corrected chi connectivity index (χ1v) is 11.4. The van der Waals surface area contributed by atoms with Crippen LogP contribution >= 0.6 is 0 Å². The van der Waals surface area contributed by atoms with Gasteiger partial charge >= 0.3 is 12.0 Å². The number of nitrogens with zero attached hydrogens (tertiary/aromatic N) is 2. The molecule has 1 aromatic heterocycles. The number of fused-ring (bicyclic) bond motifs is 1. The lowest BCUT2D eigenvalue weighted by Crippen LogP contribution is -2.31. The third-order valence-electron chi connectivity index (χ3n) is 5.70. The Morgan fingerprint density at radius 1 is 0.971 bits per heavy atom. The average Bonchev–Trinajstić information content (AvgIpc) is 2.88. The number of benzene rings is 3. The first-order valence-electron chi connectivity index (χ1n) is 11.4. The van der Waals surface area contributed by atoms with Crippen LogP contribution < -0.4 is 10.2 Å². The van der Waals surface area contributed by atoms with Crippen molar-refractivity contribution >= 4 is 34.3 Å². The lowest BCUT2D eigenvalue weighted by Gasteiger charge is -2.18. The van der Waals surface area contributed by atoms with Gasteiger partial charge in [-0.05, 0) is 47.5 Å². The van der Waals surface area contributed by atoms with Crippen LogP contribution in [-0.4, -0.2) is 41.8 Å². The number of pyridine rings is 1. The molecule has 0 fully saturated rings. The lowest BCUT2D eigenvalue weighted by molar-refractivity contribution is -0.149. The third-order valence-corrected chi connectivity index (χ3v) is 5.70. The molecule has 0 aliphatic heterocycles. The van der Waals surface area contributed by atoms with Crippen LogP contribution in [0.25, 0.3) is 22.0 Å². The van der Waals surface area contributed by atoms with Gasteiger partial charge in [0.05, 0.1) is 5.69 Å². The summed E-state index contributed by atoms with van der Waals surface area (Å²) in [6.45, 7) is 2.12. The quantitative estimate of drug-likeness (QED) is 0.350. The van der Waals surface area contributed by atoms with Gasteiger partial charge in [0.15, 0.2) is 6.10 Å². The molecule has 1 heterocycles. The zero-order chi connectivity index (χ0) is 24.8. The molecule has 35 heavy (non-hydrogen) atoms. The minimum atomic E-state index is -0.977. The molecule has 3 aromatic carbocycles. The normalized spacial score (nSPS) is 11.7. The van der Waals surface area contributed by atoms with E-state index in [4.69, 9.17) is 4.74 Å². The minimum Gasteiger partial charge on any atom is -0.479 e. The molecule has 1 atom stereocenters. The van der Waals surface area contributed by atoms with E-state index in [0.717, 1.165) is 21.9 Å². The number of amides is 2. The first kappa shape index (κ1) is 23.9. The van der Waals surface area contributed by atoms with Gasteiger partial charge in [0, 0.05) is 31.3 Å². The number of anilines is 2. The highest BCUT2D eigenvalue weighted by atomic mass is 16.5. The van der Waals surface area contributed by atoms with Crippen molar-refractivity contribution in [2.45, 2.75) is 19.4 Å². The van der Waals surface area contributed by atoms with Crippen molar-refractivity contribution in [1.29, 1.82) is 0 Å². The summed E-state index contributed by atoms with van der Waals surface area (Å²) in [5.74, 6) is -0.470. The second-order valence-electron chi connectivity index (χ2n) is 8.12. The number of hydrogen-bond acceptors (Lipinski definition) is 4. The highest BCUT2D eigenvalue weighted by Gasteiger charge is 2.18. The molecule has 0 aliphatic rings. The number of aromatic nitrogens is 1. The standard InChI is InChI=1S/C28H27N3O4/c1-3-35-25(27(32)33)17-19-11-13-21(14-12-19)24-9-6-10-26(30-24)31(2)28(34)29-23-16-15-20-7-4-5-8-22(20)18-23/h4-16,18,25H,3,17H2,1-2H3,(H,29,34)(H,32,33). The molecule has 2 N–H and O–H groups in total. The molecule has 2 amide bonds. The molecule has 0 aliphatic carbocycles. The number of carboxylic acid groups (broad SMARTS) is 1. The Labute approximate surface area is 204 Å². The van der Waals surface area contributed by atoms with Gasteiger partial charge < -0.3 is 15.2 Å². The Morgan fingerprint density at radius 2 is 1.71 bits per heavy atom. The van der Waals surface area contributed by atoms with Gasteiger partial charge in [0.25, 0.3) is 0 Å². The highest BCUT2D eigenvalue weighted by Crippen LogP contribution is 2.23. The molecule has 178 valence electrons. The maximum absolute atomic E-state index is 12.9. The van der Waals surface area contributed by atoms with Crippen molar-refractivity contribution in [2.75, 3.05) is 23.9 Å². The topological polar surface area (TPSA) is 91.8 Å². The van der Waals surface area contributed by atoms with E-state index in [1.165, 1.54) is 4.90 Å². The predicted molar refractivity (Wildman–Crippen MR) is 138 cm³/mol. The van der Waals surface area contributed by atoms with Gasteiger partial charge in [-0.15, -0.1) is 0 Å². The molecule has 0 bridgehead atoms. The van der Waals surface area contributed by atoms with E-state index in [0.29, 0.717) is 23.8 Å². The van der Waals surface area contributed by atoms with Crippen LogP contribution in [0.3, 0.4) is 0 Å². The number of hydrogen-bond donors (Lipinski definition) is 2. The molecule has 4 rings (SSSR count). The maximum atomic E-state index is 12.9. The minimum absolute atomic E-state index is 0.286. The van der Waals surface area contributed by atoms with E-state index < -0.39 is 12.1 Å². The smallest absolute Gasteiger partial charge is 0.333 e. The largest absolute Gasteiger partial charge is 0.479 e. The number of carbonyl (C=O) groups excluding carboxylic acids is 1. The number of carbonyl (C=O) groups is 2. The molecule has 7 nitrogen and oxygen atoms in total. The van der Waals surface area contributed by atoms with E-state index in [1.54, 1.807) is 20.0 Å². The molecular weight excluding hydrogens is 442 g/mol. The van der Waals surface area contributed by atoms with Crippen LogP contribution in [0.1, 0.15) is 12.5 Å². The number of nitrogens with one attached hydrogen (secondary N) is 1. The van der Waals surface area contributed by atoms with Crippen molar-refractivity contribution in [2.24, 2.45) is 0 Å². The van der Waals surface area contributed by atoms with Crippen molar-refractivity contribution in [3.63, 3.8) is 0 Å². The number of ether oxygens (including phenoxy) is 1. The van der Waals surface area contributed by atoms with Gasteiger partial charge in [-0.3, -0.25) is 4.90 Å². The highest BCUT2D eigenvalue weighted by molar-refractivity contribution is 6.02. The summed E-state index contributed by atoms with van der Waals surface area (Å²) in [5, 5.41) is 14.4. The van der Waals surface area contributed by atoms with Crippen molar-refractivity contribution < 1.29 is 19.4 Å². The second-order valence-corrected chi connectivity index (χ2v) is 8.12. The fourth-order valence-electron chi connectivity index (χ4n) is 3.79. The van der Waals surface area contributed by atoms with Crippen molar-refractivity contribution in [1.82, 2.24) is 4.98 Å². The van der Waals surface area contributed by atoms with Crippen LogP contribution in [0.15, 0.2) is 84.9 Å². The Kier molecular flexibility index (Phi) is 7.38. The SMILES string of the molecule is CCOC(Cc1ccc(-c2cccc(N(C)C(=O)Nc3ccc4ccccc4c3)n2)cc1)C(=O)O. The van der Waals surface area contributed by atoms with Gasteiger partial charge in [0.2, 0.25) is 0 Å². The van der Waals surface area contributed by atoms with Crippen LogP contribution in [0, 0.1) is 0 Å². The van der Waals surface area contributed by atoms with E-state index in [2.05, 4.69) is 10.3 Å². The van der Waals surface area contributed by atoms with E-state index in [1.807, 2.05) is 78.9 Å². The van der Waals surface area contributed by atoms with Crippen LogP contribution in [0.4, 0.5) is 16.3 Å². The zero-order valence-corrected chi connectivity index (χ0v) is 19.6. The summed E-state index contributed by atoms with van der Waals surface area (Å²) in [4.78, 5) is 30.3. The molecule has 0 radical (unpaired) electrons. The Bertz CT molecular complexity index is 1340. The van der Waals surface area contributed by atoms with Crippen molar-refractivity contribution in [3.05, 3.63) is 90.5 Å². The summed E-state index contributed by atoms with van der Waals surface area (Å²) < 4.78 is 5.30. The molecule has 0 saturated carbocycles. The lowest BCUT2D eigenvalue weighted by atomic mass is 10.0. The van der Waals surface area contributed by atoms with E-state index >= 15 is 0 Å². The monoisotopic (exact) mass is 469 g/mol. The molecule has 1 unspecified atom stereocenters.